The quantitative estimate of drug-likeness (QED) is 0.368. The summed E-state index contributed by atoms with van der Waals surface area (Å²) in [5, 5.41) is 0.429. The Hall–Kier alpha value is -3.27. The number of thiazole rings is 1. The molecule has 10 heteroatoms. The summed E-state index contributed by atoms with van der Waals surface area (Å²) in [5.74, 6) is -0.879. The SMILES string of the molecule is C=CCn1c(=NC(=O)c2ccc(NS(=O)(=O)c3ccc(Cl)cc3)cc2)sc2cc(F)ccc21. The number of nitrogens with zero attached hydrogens (tertiary/aromatic N) is 2. The number of anilines is 1. The van der Waals surface area contributed by atoms with Crippen molar-refractivity contribution in [2.24, 2.45) is 4.99 Å². The van der Waals surface area contributed by atoms with E-state index in [1.54, 1.807) is 16.7 Å². The molecule has 0 saturated carbocycles. The Morgan fingerprint density at radius 1 is 1.12 bits per heavy atom. The number of carbonyl (C=O) groups excluding carboxylic acids is 1. The summed E-state index contributed by atoms with van der Waals surface area (Å²) in [6.07, 6.45) is 1.67. The predicted molar refractivity (Wildman–Crippen MR) is 129 cm³/mol. The molecule has 4 rings (SSSR count). The van der Waals surface area contributed by atoms with Gasteiger partial charge in [-0.15, -0.1) is 6.58 Å². The molecule has 3 aromatic carbocycles. The molecule has 4 aromatic rings. The first kappa shape index (κ1) is 22.9. The number of sulfonamides is 1. The van der Waals surface area contributed by atoms with E-state index in [4.69, 9.17) is 11.6 Å². The van der Waals surface area contributed by atoms with E-state index in [2.05, 4.69) is 16.3 Å². The molecule has 1 aromatic heterocycles. The van der Waals surface area contributed by atoms with E-state index in [1.165, 1.54) is 72.0 Å². The summed E-state index contributed by atoms with van der Waals surface area (Å²) < 4.78 is 43.5. The van der Waals surface area contributed by atoms with E-state index in [-0.39, 0.29) is 16.3 Å². The van der Waals surface area contributed by atoms with Crippen LogP contribution in [0.2, 0.25) is 5.02 Å². The van der Waals surface area contributed by atoms with Gasteiger partial charge < -0.3 is 4.57 Å². The first-order valence-corrected chi connectivity index (χ1v) is 12.3. The molecule has 0 aliphatic rings. The predicted octanol–water partition coefficient (Wildman–Crippen LogP) is 5.22. The van der Waals surface area contributed by atoms with E-state index in [0.29, 0.717) is 26.8 Å². The Bertz CT molecular complexity index is 1520. The lowest BCUT2D eigenvalue weighted by Gasteiger charge is -2.08. The molecule has 1 amide bonds. The van der Waals surface area contributed by atoms with Gasteiger partial charge in [-0.3, -0.25) is 9.52 Å². The summed E-state index contributed by atoms with van der Waals surface area (Å²) in [6.45, 7) is 4.13. The highest BCUT2D eigenvalue weighted by molar-refractivity contribution is 7.92. The summed E-state index contributed by atoms with van der Waals surface area (Å²) in [7, 11) is -3.80. The highest BCUT2D eigenvalue weighted by Gasteiger charge is 2.15. The number of amides is 1. The molecule has 0 saturated heterocycles. The molecule has 0 radical (unpaired) electrons. The van der Waals surface area contributed by atoms with E-state index in [1.807, 2.05) is 0 Å². The minimum Gasteiger partial charge on any atom is -0.312 e. The van der Waals surface area contributed by atoms with Crippen LogP contribution in [0.1, 0.15) is 10.4 Å². The van der Waals surface area contributed by atoms with Crippen LogP contribution < -0.4 is 9.52 Å². The molecular weight excluding hydrogens is 485 g/mol. The van der Waals surface area contributed by atoms with Gasteiger partial charge in [0.15, 0.2) is 4.80 Å². The molecule has 0 bridgehead atoms. The minimum absolute atomic E-state index is 0.0648. The molecule has 1 heterocycles. The molecule has 168 valence electrons. The topological polar surface area (TPSA) is 80.5 Å². The van der Waals surface area contributed by atoms with Crippen molar-refractivity contribution in [1.82, 2.24) is 4.57 Å². The third-order valence-corrected chi connectivity index (χ3v) is 7.35. The molecule has 0 unspecified atom stereocenters. The third kappa shape index (κ3) is 5.05. The number of benzene rings is 3. The molecular formula is C23H17ClFN3O3S2. The lowest BCUT2D eigenvalue weighted by Crippen LogP contribution is -2.16. The van der Waals surface area contributed by atoms with Gasteiger partial charge in [-0.2, -0.15) is 4.99 Å². The average molecular weight is 502 g/mol. The normalized spacial score (nSPS) is 12.1. The second-order valence-electron chi connectivity index (χ2n) is 6.95. The van der Waals surface area contributed by atoms with E-state index >= 15 is 0 Å². The summed E-state index contributed by atoms with van der Waals surface area (Å²) in [6, 6.07) is 16.1. The summed E-state index contributed by atoms with van der Waals surface area (Å²) >= 11 is 7.00. The van der Waals surface area contributed by atoms with Crippen LogP contribution in [0.3, 0.4) is 0 Å². The van der Waals surface area contributed by atoms with E-state index < -0.39 is 15.9 Å². The van der Waals surface area contributed by atoms with E-state index in [9.17, 15) is 17.6 Å². The van der Waals surface area contributed by atoms with Crippen LogP contribution in [-0.4, -0.2) is 18.9 Å². The van der Waals surface area contributed by atoms with Gasteiger partial charge in [0.25, 0.3) is 15.9 Å². The van der Waals surface area contributed by atoms with Crippen molar-refractivity contribution in [3.8, 4) is 0 Å². The van der Waals surface area contributed by atoms with Crippen molar-refractivity contribution < 1.29 is 17.6 Å². The Kier molecular flexibility index (Phi) is 6.46. The fourth-order valence-corrected chi connectivity index (χ4v) is 5.35. The van der Waals surface area contributed by atoms with Crippen molar-refractivity contribution in [1.29, 1.82) is 0 Å². The third-order valence-electron chi connectivity index (χ3n) is 4.66. The molecule has 33 heavy (non-hydrogen) atoms. The Morgan fingerprint density at radius 3 is 2.48 bits per heavy atom. The number of allylic oxidation sites excluding steroid dienone is 1. The summed E-state index contributed by atoms with van der Waals surface area (Å²) in [5.41, 5.74) is 1.32. The van der Waals surface area contributed by atoms with Crippen molar-refractivity contribution in [2.45, 2.75) is 11.4 Å². The highest BCUT2D eigenvalue weighted by atomic mass is 35.5. The Morgan fingerprint density at radius 2 is 1.82 bits per heavy atom. The Labute approximate surface area is 198 Å². The zero-order valence-corrected chi connectivity index (χ0v) is 19.4. The number of fused-ring (bicyclic) bond motifs is 1. The van der Waals surface area contributed by atoms with Crippen molar-refractivity contribution in [3.63, 3.8) is 0 Å². The molecule has 6 nitrogen and oxygen atoms in total. The van der Waals surface area contributed by atoms with Crippen LogP contribution in [0.25, 0.3) is 10.2 Å². The lowest BCUT2D eigenvalue weighted by atomic mass is 10.2. The number of hydrogen-bond acceptors (Lipinski definition) is 4. The van der Waals surface area contributed by atoms with Crippen molar-refractivity contribution >= 4 is 54.8 Å². The number of halogens is 2. The highest BCUT2D eigenvalue weighted by Crippen LogP contribution is 2.20. The second-order valence-corrected chi connectivity index (χ2v) is 10.1. The van der Waals surface area contributed by atoms with Crippen LogP contribution >= 0.6 is 22.9 Å². The average Bonchev–Trinajstić information content (AvgIpc) is 3.10. The maximum Gasteiger partial charge on any atom is 0.279 e. The lowest BCUT2D eigenvalue weighted by molar-refractivity contribution is 0.0998. The number of hydrogen-bond donors (Lipinski definition) is 1. The van der Waals surface area contributed by atoms with Gasteiger partial charge in [0.2, 0.25) is 0 Å². The van der Waals surface area contributed by atoms with Crippen molar-refractivity contribution in [2.75, 3.05) is 4.72 Å². The van der Waals surface area contributed by atoms with E-state index in [0.717, 1.165) is 5.52 Å². The van der Waals surface area contributed by atoms with Crippen LogP contribution in [0.4, 0.5) is 10.1 Å². The van der Waals surface area contributed by atoms with Crippen molar-refractivity contribution in [3.05, 3.63) is 101 Å². The van der Waals surface area contributed by atoms with Crippen LogP contribution in [0, 0.1) is 5.82 Å². The van der Waals surface area contributed by atoms with Gasteiger partial charge in [-0.25, -0.2) is 12.8 Å². The minimum atomic E-state index is -3.80. The van der Waals surface area contributed by atoms with Crippen LogP contribution in [0.5, 0.6) is 0 Å². The Balaban J connectivity index is 1.60. The number of nitrogens with one attached hydrogen (secondary N) is 1. The van der Waals surface area contributed by atoms with Gasteiger partial charge in [0.05, 0.1) is 15.1 Å². The maximum absolute atomic E-state index is 13.6. The molecule has 0 aliphatic carbocycles. The van der Waals surface area contributed by atoms with Gasteiger partial charge in [-0.1, -0.05) is 29.0 Å². The molecule has 0 aliphatic heterocycles. The monoisotopic (exact) mass is 501 g/mol. The molecule has 1 N–H and O–H groups in total. The zero-order chi connectivity index (χ0) is 23.6. The molecule has 0 spiro atoms. The first-order chi connectivity index (χ1) is 15.8. The standard InChI is InChI=1S/C23H17ClFN3O3S2/c1-2-13-28-20-12-7-17(25)14-21(20)32-23(28)26-22(29)15-3-8-18(9-4-15)27-33(30,31)19-10-5-16(24)6-11-19/h2-12,14,27H,1,13H2. The molecule has 0 fully saturated rings. The van der Waals surface area contributed by atoms with Gasteiger partial charge in [0.1, 0.15) is 5.82 Å². The summed E-state index contributed by atoms with van der Waals surface area (Å²) in [4.78, 5) is 17.4. The number of carbonyl (C=O) groups is 1. The molecule has 0 atom stereocenters. The second kappa shape index (κ2) is 9.30. The fourth-order valence-electron chi connectivity index (χ4n) is 3.10. The number of aromatic nitrogens is 1. The van der Waals surface area contributed by atoms with Gasteiger partial charge >= 0.3 is 0 Å². The fraction of sp³-hybridized carbons (Fsp3) is 0.0435. The number of rotatable bonds is 6. The van der Waals surface area contributed by atoms with Gasteiger partial charge in [-0.05, 0) is 66.7 Å². The smallest absolute Gasteiger partial charge is 0.279 e. The largest absolute Gasteiger partial charge is 0.312 e. The van der Waals surface area contributed by atoms with Crippen LogP contribution in [-0.2, 0) is 16.6 Å². The maximum atomic E-state index is 13.6. The van der Waals surface area contributed by atoms with Crippen LogP contribution in [0.15, 0.2) is 89.3 Å². The van der Waals surface area contributed by atoms with Gasteiger partial charge in [0, 0.05) is 22.8 Å². The first-order valence-electron chi connectivity index (χ1n) is 9.64. The zero-order valence-electron chi connectivity index (χ0n) is 17.0.